The number of ether oxygens (including phenoxy) is 1. The van der Waals surface area contributed by atoms with Gasteiger partial charge < -0.3 is 9.84 Å². The molecule has 5 heteroatoms. The molecule has 0 bridgehead atoms. The van der Waals surface area contributed by atoms with E-state index in [1.54, 1.807) is 20.8 Å². The molecule has 0 aliphatic rings. The van der Waals surface area contributed by atoms with Crippen molar-refractivity contribution in [2.45, 2.75) is 53.2 Å². The second-order valence-electron chi connectivity index (χ2n) is 6.87. The average Bonchev–Trinajstić information content (AvgIpc) is 2.38. The molecule has 1 aromatic rings. The van der Waals surface area contributed by atoms with Crippen molar-refractivity contribution in [1.82, 2.24) is 4.90 Å². The van der Waals surface area contributed by atoms with Crippen molar-refractivity contribution in [2.75, 3.05) is 6.54 Å². The van der Waals surface area contributed by atoms with Crippen LogP contribution in [-0.4, -0.2) is 34.2 Å². The lowest BCUT2D eigenvalue weighted by Crippen LogP contribution is -2.43. The van der Waals surface area contributed by atoms with E-state index in [4.69, 9.17) is 11.2 Å². The summed E-state index contributed by atoms with van der Waals surface area (Å²) in [7, 11) is 0. The molecule has 24 heavy (non-hydrogen) atoms. The van der Waals surface area contributed by atoms with E-state index in [0.717, 1.165) is 21.6 Å². The van der Waals surface area contributed by atoms with Crippen LogP contribution in [0.1, 0.15) is 49.1 Å². The first-order valence-electron chi connectivity index (χ1n) is 7.71. The third-order valence-electron chi connectivity index (χ3n) is 3.45. The minimum absolute atomic E-state index is 0.154. The molecule has 5 nitrogen and oxygen atoms in total. The lowest BCUT2D eigenvalue weighted by Gasteiger charge is -2.31. The number of rotatable bonds is 4. The van der Waals surface area contributed by atoms with E-state index in [0.29, 0.717) is 5.56 Å². The normalized spacial score (nSPS) is 12.2. The zero-order valence-electron chi connectivity index (χ0n) is 15.1. The number of benzene rings is 1. The number of hydrogen-bond donors (Lipinski definition) is 1. The minimum Gasteiger partial charge on any atom is -0.479 e. The molecular formula is C19H25NO4. The smallest absolute Gasteiger partial charge is 0.412 e. The zero-order chi connectivity index (χ0) is 18.7. The molecule has 0 aliphatic heterocycles. The monoisotopic (exact) mass is 331 g/mol. The molecule has 1 rings (SSSR count). The van der Waals surface area contributed by atoms with Crippen LogP contribution in [0.4, 0.5) is 4.79 Å². The van der Waals surface area contributed by atoms with Crippen LogP contribution >= 0.6 is 0 Å². The lowest BCUT2D eigenvalue weighted by atomic mass is 9.93. The first-order valence-corrected chi connectivity index (χ1v) is 7.71. The number of amides is 1. The Morgan fingerprint density at radius 1 is 1.25 bits per heavy atom. The van der Waals surface area contributed by atoms with Gasteiger partial charge >= 0.3 is 12.1 Å². The third-order valence-corrected chi connectivity index (χ3v) is 3.45. The molecule has 0 heterocycles. The molecular weight excluding hydrogens is 306 g/mol. The van der Waals surface area contributed by atoms with Gasteiger partial charge in [0.25, 0.3) is 0 Å². The van der Waals surface area contributed by atoms with Crippen LogP contribution in [0.3, 0.4) is 0 Å². The van der Waals surface area contributed by atoms with Crippen LogP contribution in [0.5, 0.6) is 0 Å². The lowest BCUT2D eigenvalue weighted by molar-refractivity contribution is -0.143. The molecule has 130 valence electrons. The van der Waals surface area contributed by atoms with Crippen molar-refractivity contribution < 1.29 is 19.4 Å². The number of terminal acetylenes is 1. The molecule has 0 aliphatic carbocycles. The maximum Gasteiger partial charge on any atom is 0.412 e. The standard InChI is InChI=1S/C19H25NO4/c1-8-9-20(18(23)24-19(5,6)7)16(17(21)22)15-13(3)10-12(2)11-14(15)4/h1,10-11,16H,9H2,2-7H3,(H,21,22). The van der Waals surface area contributed by atoms with Crippen molar-refractivity contribution in [1.29, 1.82) is 0 Å². The van der Waals surface area contributed by atoms with Crippen LogP contribution in [0, 0.1) is 33.1 Å². The van der Waals surface area contributed by atoms with Gasteiger partial charge in [-0.15, -0.1) is 6.42 Å². The van der Waals surface area contributed by atoms with E-state index >= 15 is 0 Å². The van der Waals surface area contributed by atoms with Gasteiger partial charge in [-0.3, -0.25) is 4.90 Å². The number of aliphatic carboxylic acids is 1. The Morgan fingerprint density at radius 3 is 2.12 bits per heavy atom. The molecule has 0 aromatic heterocycles. The van der Waals surface area contributed by atoms with E-state index < -0.39 is 23.7 Å². The van der Waals surface area contributed by atoms with Crippen LogP contribution < -0.4 is 0 Å². The number of aryl methyl sites for hydroxylation is 3. The van der Waals surface area contributed by atoms with Crippen molar-refractivity contribution in [2.24, 2.45) is 0 Å². The summed E-state index contributed by atoms with van der Waals surface area (Å²) >= 11 is 0. The molecule has 1 amide bonds. The zero-order valence-corrected chi connectivity index (χ0v) is 15.1. The van der Waals surface area contributed by atoms with Gasteiger partial charge in [0.15, 0.2) is 6.04 Å². The van der Waals surface area contributed by atoms with Crippen molar-refractivity contribution in [3.05, 3.63) is 34.4 Å². The van der Waals surface area contributed by atoms with Gasteiger partial charge in [-0.25, -0.2) is 9.59 Å². The summed E-state index contributed by atoms with van der Waals surface area (Å²) in [6.45, 7) is 10.6. The summed E-state index contributed by atoms with van der Waals surface area (Å²) < 4.78 is 5.34. The number of carbonyl (C=O) groups excluding carboxylic acids is 1. The largest absolute Gasteiger partial charge is 0.479 e. The molecule has 1 atom stereocenters. The Labute approximate surface area is 143 Å². The Kier molecular flexibility index (Phi) is 6.03. The van der Waals surface area contributed by atoms with Crippen LogP contribution in [0.25, 0.3) is 0 Å². The summed E-state index contributed by atoms with van der Waals surface area (Å²) in [4.78, 5) is 25.5. The quantitative estimate of drug-likeness (QED) is 0.856. The predicted molar refractivity (Wildman–Crippen MR) is 92.8 cm³/mol. The van der Waals surface area contributed by atoms with Crippen molar-refractivity contribution in [3.63, 3.8) is 0 Å². The highest BCUT2D eigenvalue weighted by molar-refractivity contribution is 5.82. The first-order chi connectivity index (χ1) is 11.0. The number of carbonyl (C=O) groups is 2. The molecule has 1 N–H and O–H groups in total. The summed E-state index contributed by atoms with van der Waals surface area (Å²) in [6.07, 6.45) is 4.61. The van der Waals surface area contributed by atoms with E-state index in [-0.39, 0.29) is 6.54 Å². The number of hydrogen-bond acceptors (Lipinski definition) is 3. The van der Waals surface area contributed by atoms with E-state index in [1.165, 1.54) is 0 Å². The summed E-state index contributed by atoms with van der Waals surface area (Å²) in [5.74, 6) is 1.20. The Morgan fingerprint density at radius 2 is 1.75 bits per heavy atom. The van der Waals surface area contributed by atoms with Gasteiger partial charge in [-0.2, -0.15) is 0 Å². The fourth-order valence-electron chi connectivity index (χ4n) is 2.72. The van der Waals surface area contributed by atoms with E-state index in [9.17, 15) is 14.7 Å². The molecule has 0 saturated carbocycles. The highest BCUT2D eigenvalue weighted by Crippen LogP contribution is 2.29. The topological polar surface area (TPSA) is 66.8 Å². The van der Waals surface area contributed by atoms with Gasteiger partial charge in [0.2, 0.25) is 0 Å². The second-order valence-corrected chi connectivity index (χ2v) is 6.87. The predicted octanol–water partition coefficient (Wildman–Crippen LogP) is 3.61. The average molecular weight is 331 g/mol. The van der Waals surface area contributed by atoms with Gasteiger partial charge in [0, 0.05) is 0 Å². The number of nitrogens with zero attached hydrogens (tertiary/aromatic N) is 1. The Balaban J connectivity index is 3.42. The summed E-state index contributed by atoms with van der Waals surface area (Å²) in [6, 6.07) is 2.58. The molecule has 0 radical (unpaired) electrons. The van der Waals surface area contributed by atoms with E-state index in [1.807, 2.05) is 32.9 Å². The molecule has 0 fully saturated rings. The first kappa shape index (κ1) is 19.6. The molecule has 0 spiro atoms. The van der Waals surface area contributed by atoms with Crippen LogP contribution in [0.15, 0.2) is 12.1 Å². The summed E-state index contributed by atoms with van der Waals surface area (Å²) in [5.41, 5.74) is 2.44. The van der Waals surface area contributed by atoms with Crippen molar-refractivity contribution in [3.8, 4) is 12.3 Å². The Hall–Kier alpha value is -2.48. The van der Waals surface area contributed by atoms with Crippen molar-refractivity contribution >= 4 is 12.1 Å². The molecule has 0 saturated heterocycles. The number of carboxylic acid groups (broad SMARTS) is 1. The maximum atomic E-state index is 12.5. The van der Waals surface area contributed by atoms with Crippen LogP contribution in [0.2, 0.25) is 0 Å². The SMILES string of the molecule is C#CCN(C(=O)OC(C)(C)C)C(C(=O)O)c1c(C)cc(C)cc1C. The van der Waals surface area contributed by atoms with Gasteiger partial charge in [-0.1, -0.05) is 23.6 Å². The fourth-order valence-corrected chi connectivity index (χ4v) is 2.72. The van der Waals surface area contributed by atoms with Gasteiger partial charge in [0.05, 0.1) is 6.54 Å². The second kappa shape index (κ2) is 7.39. The van der Waals surface area contributed by atoms with Gasteiger partial charge in [-0.05, 0) is 58.2 Å². The summed E-state index contributed by atoms with van der Waals surface area (Å²) in [5, 5.41) is 9.77. The Bertz CT molecular complexity index is 657. The molecule has 1 aromatic carbocycles. The fraction of sp³-hybridized carbons (Fsp3) is 0.474. The van der Waals surface area contributed by atoms with E-state index in [2.05, 4.69) is 5.92 Å². The third kappa shape index (κ3) is 4.76. The highest BCUT2D eigenvalue weighted by Gasteiger charge is 2.35. The van der Waals surface area contributed by atoms with Gasteiger partial charge in [0.1, 0.15) is 5.60 Å². The molecule has 1 unspecified atom stereocenters. The highest BCUT2D eigenvalue weighted by atomic mass is 16.6. The maximum absolute atomic E-state index is 12.5. The van der Waals surface area contributed by atoms with Crippen LogP contribution in [-0.2, 0) is 9.53 Å². The number of carboxylic acids is 1. The minimum atomic E-state index is -1.20.